The average Bonchev–Trinajstić information content (AvgIpc) is 3.01. The lowest BCUT2D eigenvalue weighted by molar-refractivity contribution is -0.302. The number of benzene rings is 1. The van der Waals surface area contributed by atoms with Gasteiger partial charge in [0.05, 0.1) is 12.1 Å². The number of hydrogen-bond donors (Lipinski definition) is 1. The van der Waals surface area contributed by atoms with E-state index in [1.165, 1.54) is 24.5 Å². The SMILES string of the molecule is Cc1ccccc1OCC(=O)N1N=C(c2ccncc2)C[C@@]1(O)C(F)(F)F. The van der Waals surface area contributed by atoms with Gasteiger partial charge in [-0.3, -0.25) is 9.78 Å². The molecule has 1 N–H and O–H groups in total. The average molecular weight is 379 g/mol. The number of halogens is 3. The molecule has 1 amide bonds. The molecule has 27 heavy (non-hydrogen) atoms. The van der Waals surface area contributed by atoms with Crippen LogP contribution in [0.15, 0.2) is 53.9 Å². The molecule has 0 radical (unpaired) electrons. The first-order chi connectivity index (χ1) is 12.7. The number of rotatable bonds is 4. The Morgan fingerprint density at radius 2 is 1.93 bits per heavy atom. The van der Waals surface area contributed by atoms with Crippen molar-refractivity contribution >= 4 is 11.6 Å². The van der Waals surface area contributed by atoms with Crippen LogP contribution < -0.4 is 4.74 Å². The zero-order valence-corrected chi connectivity index (χ0v) is 14.3. The summed E-state index contributed by atoms with van der Waals surface area (Å²) < 4.78 is 45.8. The molecule has 1 aliphatic rings. The molecule has 9 heteroatoms. The Hall–Kier alpha value is -2.94. The van der Waals surface area contributed by atoms with Crippen molar-refractivity contribution in [3.8, 4) is 5.75 Å². The van der Waals surface area contributed by atoms with E-state index in [-0.39, 0.29) is 10.7 Å². The largest absolute Gasteiger partial charge is 0.483 e. The van der Waals surface area contributed by atoms with Gasteiger partial charge in [-0.25, -0.2) is 0 Å². The van der Waals surface area contributed by atoms with Crippen LogP contribution in [0.5, 0.6) is 5.75 Å². The van der Waals surface area contributed by atoms with Crippen molar-refractivity contribution in [2.24, 2.45) is 5.10 Å². The molecule has 0 spiro atoms. The predicted octanol–water partition coefficient (Wildman–Crippen LogP) is 2.66. The molecule has 2 aromatic rings. The van der Waals surface area contributed by atoms with Gasteiger partial charge in [-0.05, 0) is 30.7 Å². The highest BCUT2D eigenvalue weighted by Gasteiger charge is 2.63. The molecule has 0 unspecified atom stereocenters. The van der Waals surface area contributed by atoms with Crippen molar-refractivity contribution in [1.82, 2.24) is 9.99 Å². The molecule has 6 nitrogen and oxygen atoms in total. The van der Waals surface area contributed by atoms with Gasteiger partial charge in [-0.2, -0.15) is 23.3 Å². The van der Waals surface area contributed by atoms with Crippen LogP contribution in [0.4, 0.5) is 13.2 Å². The van der Waals surface area contributed by atoms with Gasteiger partial charge < -0.3 is 9.84 Å². The Balaban J connectivity index is 1.85. The molecule has 0 aliphatic carbocycles. The minimum atomic E-state index is -5.09. The molecule has 1 aromatic carbocycles. The molecule has 0 saturated heterocycles. The van der Waals surface area contributed by atoms with Crippen LogP contribution in [0, 0.1) is 6.92 Å². The number of hydrogen-bond acceptors (Lipinski definition) is 5. The fourth-order valence-electron chi connectivity index (χ4n) is 2.65. The zero-order valence-electron chi connectivity index (χ0n) is 14.3. The first-order valence-electron chi connectivity index (χ1n) is 8.01. The maximum Gasteiger partial charge on any atom is 0.438 e. The summed E-state index contributed by atoms with van der Waals surface area (Å²) >= 11 is 0. The molecular weight excluding hydrogens is 363 g/mol. The highest BCUT2D eigenvalue weighted by Crippen LogP contribution is 2.41. The Kier molecular flexibility index (Phi) is 4.88. The third kappa shape index (κ3) is 3.63. The van der Waals surface area contributed by atoms with Crippen molar-refractivity contribution in [2.45, 2.75) is 25.2 Å². The van der Waals surface area contributed by atoms with E-state index in [0.29, 0.717) is 11.3 Å². The van der Waals surface area contributed by atoms with Gasteiger partial charge in [0, 0.05) is 18.0 Å². The summed E-state index contributed by atoms with van der Waals surface area (Å²) in [4.78, 5) is 16.2. The summed E-state index contributed by atoms with van der Waals surface area (Å²) in [6, 6.07) is 9.67. The van der Waals surface area contributed by atoms with Crippen LogP contribution in [-0.2, 0) is 4.79 Å². The molecule has 3 rings (SSSR count). The number of ether oxygens (including phenoxy) is 1. The maximum atomic E-state index is 13.5. The lowest BCUT2D eigenvalue weighted by Gasteiger charge is -2.32. The van der Waals surface area contributed by atoms with Crippen molar-refractivity contribution < 1.29 is 27.8 Å². The number of carbonyl (C=O) groups excluding carboxylic acids is 1. The summed E-state index contributed by atoms with van der Waals surface area (Å²) in [7, 11) is 0. The molecule has 1 atom stereocenters. The smallest absolute Gasteiger partial charge is 0.438 e. The molecule has 1 aliphatic heterocycles. The van der Waals surface area contributed by atoms with E-state index in [0.717, 1.165) is 5.56 Å². The number of nitrogens with zero attached hydrogens (tertiary/aromatic N) is 3. The Morgan fingerprint density at radius 1 is 1.26 bits per heavy atom. The third-order valence-electron chi connectivity index (χ3n) is 4.13. The van der Waals surface area contributed by atoms with Gasteiger partial charge in [-0.1, -0.05) is 18.2 Å². The van der Waals surface area contributed by atoms with Crippen LogP contribution in [0.25, 0.3) is 0 Å². The second kappa shape index (κ2) is 6.99. The van der Waals surface area contributed by atoms with Crippen LogP contribution >= 0.6 is 0 Å². The van der Waals surface area contributed by atoms with Crippen LogP contribution in [0.2, 0.25) is 0 Å². The Bertz CT molecular complexity index is 871. The second-order valence-corrected chi connectivity index (χ2v) is 6.03. The van der Waals surface area contributed by atoms with Crippen molar-refractivity contribution in [3.63, 3.8) is 0 Å². The van der Waals surface area contributed by atoms with Crippen molar-refractivity contribution in [2.75, 3.05) is 6.61 Å². The van der Waals surface area contributed by atoms with E-state index in [9.17, 15) is 23.1 Å². The van der Waals surface area contributed by atoms with E-state index in [1.807, 2.05) is 0 Å². The lowest BCUT2D eigenvalue weighted by atomic mass is 10.0. The quantitative estimate of drug-likeness (QED) is 0.886. The minimum Gasteiger partial charge on any atom is -0.483 e. The van der Waals surface area contributed by atoms with Crippen LogP contribution in [0.3, 0.4) is 0 Å². The number of aliphatic hydroxyl groups is 1. The van der Waals surface area contributed by atoms with Crippen LogP contribution in [0.1, 0.15) is 17.5 Å². The fraction of sp³-hybridized carbons (Fsp3) is 0.278. The number of amides is 1. The molecule has 2 heterocycles. The maximum absolute atomic E-state index is 13.5. The number of para-hydroxylation sites is 1. The molecular formula is C18H16F3N3O3. The summed E-state index contributed by atoms with van der Waals surface area (Å²) in [6.45, 7) is 1.04. The summed E-state index contributed by atoms with van der Waals surface area (Å²) in [5.74, 6) is -0.749. The van der Waals surface area contributed by atoms with Gasteiger partial charge in [-0.15, -0.1) is 0 Å². The van der Waals surface area contributed by atoms with Crippen molar-refractivity contribution in [3.05, 3.63) is 59.9 Å². The fourth-order valence-corrected chi connectivity index (χ4v) is 2.65. The molecule has 1 aromatic heterocycles. The highest BCUT2D eigenvalue weighted by molar-refractivity contribution is 6.03. The minimum absolute atomic E-state index is 0.0566. The number of pyridine rings is 1. The molecule has 0 bridgehead atoms. The monoisotopic (exact) mass is 379 g/mol. The summed E-state index contributed by atoms with van der Waals surface area (Å²) in [5, 5.41) is 14.0. The first kappa shape index (κ1) is 18.8. The van der Waals surface area contributed by atoms with Gasteiger partial charge in [0.2, 0.25) is 0 Å². The second-order valence-electron chi connectivity index (χ2n) is 6.03. The Morgan fingerprint density at radius 3 is 2.56 bits per heavy atom. The van der Waals surface area contributed by atoms with Gasteiger partial charge >= 0.3 is 6.18 Å². The molecule has 0 fully saturated rings. The lowest BCUT2D eigenvalue weighted by Crippen LogP contribution is -2.57. The van der Waals surface area contributed by atoms with E-state index >= 15 is 0 Å². The number of aromatic nitrogens is 1. The van der Waals surface area contributed by atoms with Crippen LogP contribution in [-0.4, -0.2) is 45.2 Å². The van der Waals surface area contributed by atoms with Gasteiger partial charge in [0.25, 0.3) is 11.6 Å². The third-order valence-corrected chi connectivity index (χ3v) is 4.13. The molecule has 0 saturated carbocycles. The van der Waals surface area contributed by atoms with E-state index < -0.39 is 30.8 Å². The first-order valence-corrected chi connectivity index (χ1v) is 8.01. The van der Waals surface area contributed by atoms with E-state index in [4.69, 9.17) is 4.74 Å². The van der Waals surface area contributed by atoms with Gasteiger partial charge in [0.1, 0.15) is 5.75 Å². The number of hydrazone groups is 1. The van der Waals surface area contributed by atoms with E-state index in [1.54, 1.807) is 31.2 Å². The van der Waals surface area contributed by atoms with E-state index in [2.05, 4.69) is 10.1 Å². The number of aryl methyl sites for hydroxylation is 1. The highest BCUT2D eigenvalue weighted by atomic mass is 19.4. The molecule has 142 valence electrons. The normalized spacial score (nSPS) is 19.7. The predicted molar refractivity (Wildman–Crippen MR) is 89.9 cm³/mol. The Labute approximate surface area is 152 Å². The summed E-state index contributed by atoms with van der Waals surface area (Å²) in [5.41, 5.74) is -2.44. The zero-order chi connectivity index (χ0) is 19.7. The summed E-state index contributed by atoms with van der Waals surface area (Å²) in [6.07, 6.45) is -3.20. The van der Waals surface area contributed by atoms with Gasteiger partial charge in [0.15, 0.2) is 6.61 Å². The van der Waals surface area contributed by atoms with Crippen molar-refractivity contribution in [1.29, 1.82) is 0 Å². The number of alkyl halides is 3. The standard InChI is InChI=1S/C18H16F3N3O3/c1-12-4-2-3-5-15(12)27-11-16(25)24-17(26,18(19,20)21)10-14(23-24)13-6-8-22-9-7-13/h2-9,26H,10-11H2,1H3/t17-/m1/s1. The topological polar surface area (TPSA) is 75.0 Å². The number of carbonyl (C=O) groups is 1.